The first-order valence-electron chi connectivity index (χ1n) is 7.95. The number of rotatable bonds is 8. The fraction of sp³-hybridized carbons (Fsp3) is 0.412. The Morgan fingerprint density at radius 1 is 1.32 bits per heavy atom. The number of methoxy groups -OCH3 is 1. The Hall–Kier alpha value is -2.35. The number of hydrogen-bond acceptors (Lipinski definition) is 6. The predicted octanol–water partition coefficient (Wildman–Crippen LogP) is 2.05. The van der Waals surface area contributed by atoms with E-state index in [2.05, 4.69) is 26.3 Å². The maximum Gasteiger partial charge on any atom is 0.305 e. The van der Waals surface area contributed by atoms with Crippen molar-refractivity contribution in [3.05, 3.63) is 35.7 Å². The Kier molecular flexibility index (Phi) is 7.00. The molecule has 8 heteroatoms. The molecule has 1 amide bonds. The van der Waals surface area contributed by atoms with Crippen molar-refractivity contribution in [3.63, 3.8) is 0 Å². The van der Waals surface area contributed by atoms with Gasteiger partial charge in [-0.05, 0) is 31.9 Å². The minimum Gasteiger partial charge on any atom is -0.469 e. The third-order valence-corrected chi connectivity index (χ3v) is 4.51. The predicted molar refractivity (Wildman–Crippen MR) is 95.8 cm³/mol. The van der Waals surface area contributed by atoms with Gasteiger partial charge in [-0.3, -0.25) is 14.2 Å². The molecule has 0 unspecified atom stereocenters. The number of hydrogen-bond donors (Lipinski definition) is 1. The Bertz CT molecular complexity index is 745. The highest BCUT2D eigenvalue weighted by molar-refractivity contribution is 7.99. The van der Waals surface area contributed by atoms with E-state index >= 15 is 0 Å². The maximum atomic E-state index is 11.9. The molecule has 0 bridgehead atoms. The average molecular weight is 362 g/mol. The first-order valence-corrected chi connectivity index (χ1v) is 8.93. The Morgan fingerprint density at radius 2 is 2.12 bits per heavy atom. The van der Waals surface area contributed by atoms with Crippen LogP contribution >= 0.6 is 11.8 Å². The number of aromatic nitrogens is 3. The van der Waals surface area contributed by atoms with E-state index in [1.165, 1.54) is 24.4 Å². The second-order valence-corrected chi connectivity index (χ2v) is 6.53. The second kappa shape index (κ2) is 9.22. The first kappa shape index (κ1) is 19.0. The van der Waals surface area contributed by atoms with Crippen LogP contribution in [-0.4, -0.2) is 46.0 Å². The molecule has 0 spiro atoms. The van der Waals surface area contributed by atoms with Gasteiger partial charge >= 0.3 is 5.97 Å². The van der Waals surface area contributed by atoms with E-state index in [9.17, 15) is 9.59 Å². The van der Waals surface area contributed by atoms with E-state index in [-0.39, 0.29) is 17.6 Å². The molecule has 25 heavy (non-hydrogen) atoms. The van der Waals surface area contributed by atoms with Gasteiger partial charge in [0.1, 0.15) is 6.33 Å². The highest BCUT2D eigenvalue weighted by Gasteiger charge is 2.11. The molecule has 7 nitrogen and oxygen atoms in total. The number of ether oxygens (including phenoxy) is 1. The molecular weight excluding hydrogens is 340 g/mol. The quantitative estimate of drug-likeness (QED) is 0.439. The largest absolute Gasteiger partial charge is 0.469 e. The van der Waals surface area contributed by atoms with Crippen LogP contribution in [0.25, 0.3) is 5.69 Å². The summed E-state index contributed by atoms with van der Waals surface area (Å²) in [6.45, 7) is 4.52. The molecule has 1 N–H and O–H groups in total. The third kappa shape index (κ3) is 5.60. The van der Waals surface area contributed by atoms with Crippen molar-refractivity contribution in [2.75, 3.05) is 19.4 Å². The lowest BCUT2D eigenvalue weighted by molar-refractivity contribution is -0.140. The summed E-state index contributed by atoms with van der Waals surface area (Å²) in [6, 6.07) is 6.15. The standard InChI is InChI=1S/C17H22N4O3S/c1-12-6-7-14(13(2)9-12)21-11-19-20-17(21)25-10-15(22)18-8-4-5-16(23)24-3/h6-7,9,11H,4-5,8,10H2,1-3H3,(H,18,22). The SMILES string of the molecule is COC(=O)CCCNC(=O)CSc1nncn1-c1ccc(C)cc1C. The summed E-state index contributed by atoms with van der Waals surface area (Å²) in [5.41, 5.74) is 3.31. The summed E-state index contributed by atoms with van der Waals surface area (Å²) in [4.78, 5) is 22.9. The van der Waals surface area contributed by atoms with Crippen LogP contribution in [0.4, 0.5) is 0 Å². The van der Waals surface area contributed by atoms with Crippen LogP contribution in [0.3, 0.4) is 0 Å². The molecule has 0 aliphatic carbocycles. The lowest BCUT2D eigenvalue weighted by atomic mass is 10.1. The zero-order valence-electron chi connectivity index (χ0n) is 14.6. The van der Waals surface area contributed by atoms with Crippen LogP contribution in [-0.2, 0) is 14.3 Å². The van der Waals surface area contributed by atoms with Crippen LogP contribution in [0.1, 0.15) is 24.0 Å². The third-order valence-electron chi connectivity index (χ3n) is 3.57. The smallest absolute Gasteiger partial charge is 0.305 e. The van der Waals surface area contributed by atoms with Crippen molar-refractivity contribution < 1.29 is 14.3 Å². The monoisotopic (exact) mass is 362 g/mol. The molecule has 0 atom stereocenters. The van der Waals surface area contributed by atoms with E-state index in [1.54, 1.807) is 6.33 Å². The van der Waals surface area contributed by atoms with Gasteiger partial charge in [0.15, 0.2) is 5.16 Å². The van der Waals surface area contributed by atoms with Crippen molar-refractivity contribution >= 4 is 23.6 Å². The molecule has 134 valence electrons. The van der Waals surface area contributed by atoms with E-state index < -0.39 is 0 Å². The topological polar surface area (TPSA) is 86.1 Å². The van der Waals surface area contributed by atoms with Crippen molar-refractivity contribution in [3.8, 4) is 5.69 Å². The van der Waals surface area contributed by atoms with Gasteiger partial charge in [0.25, 0.3) is 0 Å². The van der Waals surface area contributed by atoms with E-state index in [0.29, 0.717) is 24.5 Å². The van der Waals surface area contributed by atoms with Crippen molar-refractivity contribution in [1.82, 2.24) is 20.1 Å². The number of aryl methyl sites for hydroxylation is 2. The van der Waals surface area contributed by atoms with Gasteiger partial charge in [0, 0.05) is 13.0 Å². The van der Waals surface area contributed by atoms with Crippen LogP contribution in [0.5, 0.6) is 0 Å². The zero-order chi connectivity index (χ0) is 18.2. The van der Waals surface area contributed by atoms with Gasteiger partial charge in [-0.15, -0.1) is 10.2 Å². The molecule has 2 rings (SSSR count). The Morgan fingerprint density at radius 3 is 2.84 bits per heavy atom. The molecule has 1 aromatic heterocycles. The molecule has 0 fully saturated rings. The zero-order valence-corrected chi connectivity index (χ0v) is 15.4. The lowest BCUT2D eigenvalue weighted by Crippen LogP contribution is -2.26. The van der Waals surface area contributed by atoms with Crippen LogP contribution in [0.15, 0.2) is 29.7 Å². The number of amides is 1. The van der Waals surface area contributed by atoms with E-state index in [1.807, 2.05) is 30.5 Å². The molecular formula is C17H22N4O3S. The number of benzene rings is 1. The van der Waals surface area contributed by atoms with Gasteiger partial charge in [-0.2, -0.15) is 0 Å². The highest BCUT2D eigenvalue weighted by Crippen LogP contribution is 2.22. The summed E-state index contributed by atoms with van der Waals surface area (Å²) < 4.78 is 6.43. The molecule has 0 saturated carbocycles. The minimum absolute atomic E-state index is 0.106. The summed E-state index contributed by atoms with van der Waals surface area (Å²) >= 11 is 1.32. The van der Waals surface area contributed by atoms with Crippen LogP contribution < -0.4 is 5.32 Å². The van der Waals surface area contributed by atoms with Gasteiger partial charge < -0.3 is 10.1 Å². The molecule has 0 radical (unpaired) electrons. The molecule has 1 aromatic carbocycles. The van der Waals surface area contributed by atoms with Gasteiger partial charge in [-0.1, -0.05) is 29.5 Å². The van der Waals surface area contributed by atoms with Crippen molar-refractivity contribution in [2.45, 2.75) is 31.8 Å². The summed E-state index contributed by atoms with van der Waals surface area (Å²) in [7, 11) is 1.35. The van der Waals surface area contributed by atoms with Gasteiger partial charge in [-0.25, -0.2) is 0 Å². The highest BCUT2D eigenvalue weighted by atomic mass is 32.2. The summed E-state index contributed by atoms with van der Waals surface area (Å²) in [5.74, 6) is -0.141. The maximum absolute atomic E-state index is 11.9. The number of nitrogens with zero attached hydrogens (tertiary/aromatic N) is 3. The number of nitrogens with one attached hydrogen (secondary N) is 1. The van der Waals surface area contributed by atoms with Gasteiger partial charge in [0.2, 0.25) is 5.91 Å². The normalized spacial score (nSPS) is 10.5. The number of carbonyl (C=O) groups is 2. The number of carbonyl (C=O) groups excluding carboxylic acids is 2. The van der Waals surface area contributed by atoms with Gasteiger partial charge in [0.05, 0.1) is 18.6 Å². The van der Waals surface area contributed by atoms with Crippen molar-refractivity contribution in [2.24, 2.45) is 0 Å². The molecule has 0 aliphatic rings. The van der Waals surface area contributed by atoms with E-state index in [0.717, 1.165) is 11.3 Å². The number of esters is 1. The van der Waals surface area contributed by atoms with E-state index in [4.69, 9.17) is 0 Å². The lowest BCUT2D eigenvalue weighted by Gasteiger charge is -2.10. The second-order valence-electron chi connectivity index (χ2n) is 5.59. The van der Waals surface area contributed by atoms with Crippen molar-refractivity contribution in [1.29, 1.82) is 0 Å². The Balaban J connectivity index is 1.87. The summed E-state index contributed by atoms with van der Waals surface area (Å²) in [6.07, 6.45) is 2.50. The Labute approximate surface area is 151 Å². The first-order chi connectivity index (χ1) is 12.0. The summed E-state index contributed by atoms with van der Waals surface area (Å²) in [5, 5.41) is 11.5. The molecule has 0 saturated heterocycles. The average Bonchev–Trinajstić information content (AvgIpc) is 3.05. The van der Waals surface area contributed by atoms with Crippen LogP contribution in [0.2, 0.25) is 0 Å². The fourth-order valence-corrected chi connectivity index (χ4v) is 3.06. The molecule has 1 heterocycles. The fourth-order valence-electron chi connectivity index (χ4n) is 2.31. The molecule has 0 aliphatic heterocycles. The minimum atomic E-state index is -0.273. The molecule has 2 aromatic rings. The number of thioether (sulfide) groups is 1. The van der Waals surface area contributed by atoms with Crippen LogP contribution in [0, 0.1) is 13.8 Å².